The third-order valence-electron chi connectivity index (χ3n) is 9.73. The molecule has 3 saturated heterocycles. The van der Waals surface area contributed by atoms with Crippen LogP contribution in [0.3, 0.4) is 0 Å². The van der Waals surface area contributed by atoms with Crippen molar-refractivity contribution in [1.82, 2.24) is 19.8 Å². The van der Waals surface area contributed by atoms with Gasteiger partial charge in [-0.25, -0.2) is 14.7 Å². The summed E-state index contributed by atoms with van der Waals surface area (Å²) in [5.41, 5.74) is 1.11. The molecule has 5 aliphatic rings. The molecule has 1 N–H and O–H groups in total. The van der Waals surface area contributed by atoms with E-state index in [1.54, 1.807) is 0 Å². The maximum Gasteiger partial charge on any atom is 0.330 e. The minimum Gasteiger partial charge on any atom is -0.328 e. The highest BCUT2D eigenvalue weighted by Crippen LogP contribution is 2.47. The van der Waals surface area contributed by atoms with Crippen LogP contribution in [0.1, 0.15) is 76.7 Å². The Morgan fingerprint density at radius 2 is 1.47 bits per heavy atom. The molecule has 36 heavy (non-hydrogen) atoms. The van der Waals surface area contributed by atoms with Crippen molar-refractivity contribution in [3.8, 4) is 0 Å². The number of fused-ring (bicyclic) bond motifs is 5. The second kappa shape index (κ2) is 8.68. The van der Waals surface area contributed by atoms with Gasteiger partial charge in [-0.1, -0.05) is 37.8 Å². The molecule has 4 heterocycles. The van der Waals surface area contributed by atoms with Crippen molar-refractivity contribution in [3.63, 3.8) is 0 Å². The van der Waals surface area contributed by atoms with Gasteiger partial charge in [0.05, 0.1) is 17.6 Å². The summed E-state index contributed by atoms with van der Waals surface area (Å²) in [6, 6.07) is 8.78. The first-order chi connectivity index (χ1) is 17.6. The molecular formula is C28H35N5O3. The van der Waals surface area contributed by atoms with Crippen molar-refractivity contribution >= 4 is 28.8 Å². The van der Waals surface area contributed by atoms with E-state index in [0.29, 0.717) is 23.6 Å². The lowest BCUT2D eigenvalue weighted by molar-refractivity contribution is -0.115. The van der Waals surface area contributed by atoms with Crippen LogP contribution in [0.25, 0.3) is 11.0 Å². The van der Waals surface area contributed by atoms with E-state index in [9.17, 15) is 14.4 Å². The monoisotopic (exact) mass is 489 g/mol. The Morgan fingerprint density at radius 1 is 0.778 bits per heavy atom. The summed E-state index contributed by atoms with van der Waals surface area (Å²) in [6.07, 6.45) is 13.9. The molecule has 2 aromatic rings. The molecule has 7 rings (SSSR count). The number of benzene rings is 1. The maximum absolute atomic E-state index is 13.9. The Balaban J connectivity index is 1.25. The molecule has 190 valence electrons. The van der Waals surface area contributed by atoms with Crippen LogP contribution in [0.15, 0.2) is 29.1 Å². The van der Waals surface area contributed by atoms with Gasteiger partial charge in [0.15, 0.2) is 0 Å². The molecule has 8 heteroatoms. The normalized spacial score (nSPS) is 34.7. The van der Waals surface area contributed by atoms with E-state index in [1.807, 2.05) is 28.8 Å². The zero-order chi connectivity index (χ0) is 24.4. The summed E-state index contributed by atoms with van der Waals surface area (Å²) < 4.78 is 1.87. The Kier molecular flexibility index (Phi) is 5.42. The van der Waals surface area contributed by atoms with E-state index in [4.69, 9.17) is 0 Å². The quantitative estimate of drug-likeness (QED) is 0.659. The Bertz CT molecular complexity index is 1230. The average Bonchev–Trinajstić information content (AvgIpc) is 3.20. The van der Waals surface area contributed by atoms with Crippen molar-refractivity contribution in [2.45, 2.75) is 94.8 Å². The molecule has 6 atom stereocenters. The van der Waals surface area contributed by atoms with E-state index in [0.717, 1.165) is 35.1 Å². The number of piperidine rings is 2. The lowest BCUT2D eigenvalue weighted by atomic mass is 9.68. The maximum atomic E-state index is 13.9. The average molecular weight is 490 g/mol. The highest BCUT2D eigenvalue weighted by atomic mass is 16.2. The van der Waals surface area contributed by atoms with E-state index in [1.165, 1.54) is 57.8 Å². The molecule has 3 aliphatic heterocycles. The molecule has 2 aliphatic carbocycles. The van der Waals surface area contributed by atoms with Gasteiger partial charge in [0, 0.05) is 24.2 Å². The predicted molar refractivity (Wildman–Crippen MR) is 137 cm³/mol. The number of carbonyl (C=O) groups excluding carboxylic acids is 2. The van der Waals surface area contributed by atoms with Gasteiger partial charge in [-0.2, -0.15) is 0 Å². The van der Waals surface area contributed by atoms with Gasteiger partial charge in [0.2, 0.25) is 5.82 Å². The highest BCUT2D eigenvalue weighted by Gasteiger charge is 2.46. The van der Waals surface area contributed by atoms with E-state index in [2.05, 4.69) is 15.2 Å². The van der Waals surface area contributed by atoms with Crippen LogP contribution < -0.4 is 15.8 Å². The molecule has 1 aromatic heterocycles. The number of carbonyl (C=O) groups is 2. The number of hydrogen-bond donors (Lipinski definition) is 1. The molecule has 2 saturated carbocycles. The molecular weight excluding hydrogens is 454 g/mol. The summed E-state index contributed by atoms with van der Waals surface area (Å²) in [7, 11) is 0. The van der Waals surface area contributed by atoms with Crippen molar-refractivity contribution in [3.05, 3.63) is 34.6 Å². The fraction of sp³-hybridized carbons (Fsp3) is 0.643. The van der Waals surface area contributed by atoms with Gasteiger partial charge in [0.25, 0.3) is 11.5 Å². The molecule has 0 radical (unpaired) electrons. The molecule has 3 amide bonds. The van der Waals surface area contributed by atoms with Crippen LogP contribution in [0.5, 0.6) is 0 Å². The largest absolute Gasteiger partial charge is 0.330 e. The van der Waals surface area contributed by atoms with Crippen LogP contribution in [-0.4, -0.2) is 51.1 Å². The van der Waals surface area contributed by atoms with Crippen molar-refractivity contribution in [2.75, 3.05) is 11.4 Å². The van der Waals surface area contributed by atoms with E-state index >= 15 is 0 Å². The van der Waals surface area contributed by atoms with Crippen LogP contribution >= 0.6 is 0 Å². The molecule has 1 aromatic carbocycles. The van der Waals surface area contributed by atoms with Gasteiger partial charge < -0.3 is 9.88 Å². The highest BCUT2D eigenvalue weighted by molar-refractivity contribution is 6.19. The number of para-hydroxylation sites is 2. The Labute approximate surface area is 211 Å². The van der Waals surface area contributed by atoms with Crippen molar-refractivity contribution in [2.24, 2.45) is 11.8 Å². The topological polar surface area (TPSA) is 87.5 Å². The zero-order valence-electron chi connectivity index (χ0n) is 20.8. The Morgan fingerprint density at radius 3 is 2.17 bits per heavy atom. The summed E-state index contributed by atoms with van der Waals surface area (Å²) >= 11 is 0. The van der Waals surface area contributed by atoms with Crippen LogP contribution in [0.4, 0.5) is 10.6 Å². The first-order valence-corrected chi connectivity index (χ1v) is 14.0. The zero-order valence-corrected chi connectivity index (χ0v) is 20.8. The number of anilines is 1. The minimum absolute atomic E-state index is 0.0413. The number of imide groups is 1. The van der Waals surface area contributed by atoms with Crippen molar-refractivity contribution in [1.29, 1.82) is 0 Å². The number of amides is 3. The van der Waals surface area contributed by atoms with Crippen LogP contribution in [0, 0.1) is 11.8 Å². The summed E-state index contributed by atoms with van der Waals surface area (Å²) in [5.74, 6) is 1.31. The summed E-state index contributed by atoms with van der Waals surface area (Å²) in [5, 5.41) is 2.53. The van der Waals surface area contributed by atoms with Gasteiger partial charge >= 0.3 is 6.03 Å². The molecule has 8 nitrogen and oxygen atoms in total. The third-order valence-corrected chi connectivity index (χ3v) is 9.73. The minimum atomic E-state index is -0.569. The van der Waals surface area contributed by atoms with Crippen molar-refractivity contribution < 1.29 is 9.59 Å². The number of aromatic nitrogens is 2. The predicted octanol–water partition coefficient (Wildman–Crippen LogP) is 3.98. The Hall–Kier alpha value is -2.74. The smallest absolute Gasteiger partial charge is 0.328 e. The standard InChI is InChI=1S/C28H35N5O3/c34-25-16-29-28(36)33(25)26-27(35)32(24-10-2-1-9-23(24)30-26)22-14-19-7-4-8-20(15-22)31(19)21-12-17-5-3-6-18(11-17)13-21/h1-2,9-10,17-22H,3-8,11-16H2,(H,29,36)/t17-,18+,19-,20+,21+,22+. The molecule has 5 fully saturated rings. The second-order valence-electron chi connectivity index (χ2n) is 11.8. The van der Waals surface area contributed by atoms with E-state index in [-0.39, 0.29) is 24.0 Å². The van der Waals surface area contributed by atoms with Gasteiger partial charge in [0.1, 0.15) is 0 Å². The van der Waals surface area contributed by atoms with Crippen LogP contribution in [-0.2, 0) is 4.79 Å². The molecule has 0 spiro atoms. The number of nitrogens with zero attached hydrogens (tertiary/aromatic N) is 4. The second-order valence-corrected chi connectivity index (χ2v) is 11.8. The summed E-state index contributed by atoms with van der Waals surface area (Å²) in [6.45, 7) is -0.0985. The fourth-order valence-electron chi connectivity index (χ4n) is 8.42. The van der Waals surface area contributed by atoms with E-state index < -0.39 is 11.9 Å². The molecule has 4 bridgehead atoms. The third kappa shape index (κ3) is 3.59. The van der Waals surface area contributed by atoms with Gasteiger partial charge in [-0.3, -0.25) is 14.5 Å². The number of rotatable bonds is 3. The number of urea groups is 1. The lowest BCUT2D eigenvalue weighted by Gasteiger charge is -2.55. The number of nitrogens with one attached hydrogen (secondary N) is 1. The molecule has 0 unspecified atom stereocenters. The van der Waals surface area contributed by atoms with Gasteiger partial charge in [-0.15, -0.1) is 0 Å². The number of hydrogen-bond acceptors (Lipinski definition) is 5. The first kappa shape index (κ1) is 22.5. The lowest BCUT2D eigenvalue weighted by Crippen LogP contribution is -2.58. The fourth-order valence-corrected chi connectivity index (χ4v) is 8.42. The van der Waals surface area contributed by atoms with Gasteiger partial charge in [-0.05, 0) is 68.9 Å². The summed E-state index contributed by atoms with van der Waals surface area (Å²) in [4.78, 5) is 47.1. The van der Waals surface area contributed by atoms with Crippen LogP contribution in [0.2, 0.25) is 0 Å². The SMILES string of the molecule is O=C1CNC(=O)N1c1nc2ccccc2n([C@H]2C[C@H]3CCC[C@@H](C2)N3[C@H]2C[C@@H]3CCC[C@@H](C3)C2)c1=O. The first-order valence-electron chi connectivity index (χ1n) is 14.0.